The van der Waals surface area contributed by atoms with Crippen molar-refractivity contribution < 1.29 is 19.4 Å². The van der Waals surface area contributed by atoms with E-state index in [0.29, 0.717) is 6.42 Å². The molecule has 0 aromatic carbocycles. The van der Waals surface area contributed by atoms with Gasteiger partial charge in [-0.15, -0.1) is 0 Å². The third-order valence-corrected chi connectivity index (χ3v) is 3.39. The molecule has 0 saturated heterocycles. The van der Waals surface area contributed by atoms with Gasteiger partial charge in [0, 0.05) is 0 Å². The molecule has 1 rings (SSSR count). The molecule has 1 saturated carbocycles. The molecule has 0 aromatic rings. The summed E-state index contributed by atoms with van der Waals surface area (Å²) in [7, 11) is 0. The smallest absolute Gasteiger partial charge is 0.408 e. The second kappa shape index (κ2) is 4.78. The van der Waals surface area contributed by atoms with Gasteiger partial charge in [0.2, 0.25) is 0 Å². The van der Waals surface area contributed by atoms with Gasteiger partial charge in [0.25, 0.3) is 0 Å². The monoisotopic (exact) mass is 257 g/mol. The maximum absolute atomic E-state index is 11.7. The molecule has 1 amide bonds. The van der Waals surface area contributed by atoms with Gasteiger partial charge in [-0.2, -0.15) is 0 Å². The van der Waals surface area contributed by atoms with E-state index in [0.717, 1.165) is 6.42 Å². The van der Waals surface area contributed by atoms with Crippen LogP contribution >= 0.6 is 0 Å². The zero-order chi connectivity index (χ0) is 14.1. The Hall–Kier alpha value is -1.26. The van der Waals surface area contributed by atoms with Crippen LogP contribution in [0.2, 0.25) is 0 Å². The van der Waals surface area contributed by atoms with E-state index in [2.05, 4.69) is 5.32 Å². The third kappa shape index (κ3) is 2.94. The molecule has 0 heterocycles. The zero-order valence-corrected chi connectivity index (χ0v) is 11.7. The van der Waals surface area contributed by atoms with Crippen LogP contribution < -0.4 is 5.32 Å². The van der Waals surface area contributed by atoms with Crippen LogP contribution in [0.25, 0.3) is 0 Å². The largest absolute Gasteiger partial charge is 0.479 e. The van der Waals surface area contributed by atoms with E-state index in [9.17, 15) is 14.7 Å². The van der Waals surface area contributed by atoms with E-state index in [1.807, 2.05) is 13.8 Å². The van der Waals surface area contributed by atoms with Gasteiger partial charge in [0.1, 0.15) is 11.1 Å². The molecule has 18 heavy (non-hydrogen) atoms. The first-order chi connectivity index (χ1) is 8.08. The van der Waals surface area contributed by atoms with E-state index < -0.39 is 23.2 Å². The normalized spacial score (nSPS) is 27.6. The SMILES string of the molecule is CC(C)[C@@H]1CC[C@@]1(NC(=O)OC(C)(C)C)C(=O)O. The van der Waals surface area contributed by atoms with Crippen LogP contribution in [0.1, 0.15) is 47.5 Å². The van der Waals surface area contributed by atoms with E-state index in [-0.39, 0.29) is 11.8 Å². The second-order valence-electron chi connectivity index (χ2n) is 6.29. The first-order valence-corrected chi connectivity index (χ1v) is 6.33. The predicted octanol–water partition coefficient (Wildman–Crippen LogP) is 2.40. The van der Waals surface area contributed by atoms with Crippen LogP contribution in [0.4, 0.5) is 4.79 Å². The molecule has 5 heteroatoms. The number of amides is 1. The molecule has 1 aliphatic carbocycles. The molecule has 0 bridgehead atoms. The van der Waals surface area contributed by atoms with E-state index in [1.54, 1.807) is 20.8 Å². The van der Waals surface area contributed by atoms with Crippen LogP contribution in [0, 0.1) is 11.8 Å². The minimum absolute atomic E-state index is 0.0393. The van der Waals surface area contributed by atoms with Gasteiger partial charge >= 0.3 is 12.1 Å². The number of nitrogens with one attached hydrogen (secondary N) is 1. The fraction of sp³-hybridized carbons (Fsp3) is 0.846. The van der Waals surface area contributed by atoms with Gasteiger partial charge in [0.05, 0.1) is 0 Å². The quantitative estimate of drug-likeness (QED) is 0.814. The first kappa shape index (κ1) is 14.8. The van der Waals surface area contributed by atoms with Crippen molar-refractivity contribution in [3.63, 3.8) is 0 Å². The van der Waals surface area contributed by atoms with Gasteiger partial charge in [-0.1, -0.05) is 13.8 Å². The number of carboxylic acid groups (broad SMARTS) is 1. The lowest BCUT2D eigenvalue weighted by atomic mass is 9.62. The summed E-state index contributed by atoms with van der Waals surface area (Å²) >= 11 is 0. The molecule has 0 aromatic heterocycles. The van der Waals surface area contributed by atoms with Crippen molar-refractivity contribution in [2.45, 2.75) is 58.6 Å². The Bertz CT molecular complexity index is 345. The Morgan fingerprint density at radius 2 is 1.94 bits per heavy atom. The molecule has 1 aliphatic rings. The van der Waals surface area contributed by atoms with Crippen molar-refractivity contribution in [2.24, 2.45) is 11.8 Å². The molecule has 0 spiro atoms. The van der Waals surface area contributed by atoms with Gasteiger partial charge in [-0.05, 0) is 45.4 Å². The average molecular weight is 257 g/mol. The number of hydrogen-bond acceptors (Lipinski definition) is 3. The van der Waals surface area contributed by atoms with Crippen molar-refractivity contribution in [3.8, 4) is 0 Å². The summed E-state index contributed by atoms with van der Waals surface area (Å²) in [6, 6.07) is 0. The summed E-state index contributed by atoms with van der Waals surface area (Å²) < 4.78 is 5.13. The van der Waals surface area contributed by atoms with Crippen molar-refractivity contribution in [2.75, 3.05) is 0 Å². The molecule has 5 nitrogen and oxygen atoms in total. The minimum atomic E-state index is -1.16. The third-order valence-electron chi connectivity index (χ3n) is 3.39. The minimum Gasteiger partial charge on any atom is -0.479 e. The number of carbonyl (C=O) groups is 2. The molecular formula is C13H23NO4. The lowest BCUT2D eigenvalue weighted by Gasteiger charge is -2.48. The molecular weight excluding hydrogens is 234 g/mol. The van der Waals surface area contributed by atoms with E-state index in [1.165, 1.54) is 0 Å². The maximum atomic E-state index is 11.7. The van der Waals surface area contributed by atoms with Crippen LogP contribution in [-0.2, 0) is 9.53 Å². The van der Waals surface area contributed by atoms with Gasteiger partial charge in [-0.3, -0.25) is 0 Å². The Morgan fingerprint density at radius 3 is 2.22 bits per heavy atom. The van der Waals surface area contributed by atoms with E-state index >= 15 is 0 Å². The van der Waals surface area contributed by atoms with Crippen molar-refractivity contribution in [1.82, 2.24) is 5.32 Å². The lowest BCUT2D eigenvalue weighted by Crippen LogP contribution is -2.66. The maximum Gasteiger partial charge on any atom is 0.408 e. The van der Waals surface area contributed by atoms with Crippen LogP contribution in [0.5, 0.6) is 0 Å². The Kier molecular flexibility index (Phi) is 3.93. The van der Waals surface area contributed by atoms with Crippen LogP contribution in [0.3, 0.4) is 0 Å². The summed E-state index contributed by atoms with van der Waals surface area (Å²) in [4.78, 5) is 23.2. The number of carboxylic acids is 1. The molecule has 2 atom stereocenters. The zero-order valence-electron chi connectivity index (χ0n) is 11.7. The van der Waals surface area contributed by atoms with Gasteiger partial charge in [-0.25, -0.2) is 9.59 Å². The number of hydrogen-bond donors (Lipinski definition) is 2. The topological polar surface area (TPSA) is 75.6 Å². The van der Waals surface area contributed by atoms with Crippen molar-refractivity contribution >= 4 is 12.1 Å². The van der Waals surface area contributed by atoms with Crippen molar-refractivity contribution in [1.29, 1.82) is 0 Å². The lowest BCUT2D eigenvalue weighted by molar-refractivity contribution is -0.155. The van der Waals surface area contributed by atoms with Crippen LogP contribution in [0.15, 0.2) is 0 Å². The first-order valence-electron chi connectivity index (χ1n) is 6.33. The fourth-order valence-corrected chi connectivity index (χ4v) is 2.46. The molecule has 0 aliphatic heterocycles. The van der Waals surface area contributed by atoms with Gasteiger partial charge < -0.3 is 15.2 Å². The van der Waals surface area contributed by atoms with E-state index in [4.69, 9.17) is 4.74 Å². The summed E-state index contributed by atoms with van der Waals surface area (Å²) in [5.74, 6) is -0.800. The highest BCUT2D eigenvalue weighted by Crippen LogP contribution is 2.43. The predicted molar refractivity (Wildman–Crippen MR) is 67.3 cm³/mol. The second-order valence-corrected chi connectivity index (χ2v) is 6.29. The molecule has 0 unspecified atom stereocenters. The summed E-state index contributed by atoms with van der Waals surface area (Å²) in [6.45, 7) is 9.19. The Morgan fingerprint density at radius 1 is 1.39 bits per heavy atom. The Balaban J connectivity index is 2.77. The standard InChI is InChI=1S/C13H23NO4/c1-8(2)9-6-7-13(9,10(15)16)14-11(17)18-12(3,4)5/h8-9H,6-7H2,1-5H3,(H,14,17)(H,15,16)/t9-,13-/m0/s1. The molecule has 104 valence electrons. The highest BCUT2D eigenvalue weighted by Gasteiger charge is 2.55. The number of ether oxygens (including phenoxy) is 1. The summed E-state index contributed by atoms with van der Waals surface area (Å²) in [5.41, 5.74) is -1.78. The highest BCUT2D eigenvalue weighted by molar-refractivity contribution is 5.86. The molecule has 2 N–H and O–H groups in total. The molecule has 0 radical (unpaired) electrons. The fourth-order valence-electron chi connectivity index (χ4n) is 2.46. The highest BCUT2D eigenvalue weighted by atomic mass is 16.6. The molecule has 1 fully saturated rings. The number of carbonyl (C=O) groups excluding carboxylic acids is 1. The van der Waals surface area contributed by atoms with Crippen molar-refractivity contribution in [3.05, 3.63) is 0 Å². The Labute approximate surface area is 108 Å². The number of aliphatic carboxylic acids is 1. The number of alkyl carbamates (subject to hydrolysis) is 1. The summed E-state index contributed by atoms with van der Waals surface area (Å²) in [6.07, 6.45) is 0.625. The van der Waals surface area contributed by atoms with Gasteiger partial charge in [0.15, 0.2) is 0 Å². The number of rotatable bonds is 3. The van der Waals surface area contributed by atoms with Crippen LogP contribution in [-0.4, -0.2) is 28.3 Å². The summed E-state index contributed by atoms with van der Waals surface area (Å²) in [5, 5.41) is 11.9. The average Bonchev–Trinajstić information content (AvgIpc) is 2.07.